The number of alkyl carbamates (subject to hydrolysis) is 1. The highest BCUT2D eigenvalue weighted by atomic mass is 16.6. The van der Waals surface area contributed by atoms with Gasteiger partial charge in [0.1, 0.15) is 5.60 Å². The average molecular weight is 268 g/mol. The lowest BCUT2D eigenvalue weighted by molar-refractivity contribution is 0.0505. The molecule has 6 heteroatoms. The third kappa shape index (κ3) is 5.30. The highest BCUT2D eigenvalue weighted by Gasteiger charge is 2.19. The minimum Gasteiger partial charge on any atom is -0.444 e. The lowest BCUT2D eigenvalue weighted by Crippen LogP contribution is -2.44. The van der Waals surface area contributed by atoms with E-state index >= 15 is 0 Å². The van der Waals surface area contributed by atoms with Gasteiger partial charge in [0, 0.05) is 37.4 Å². The first-order valence-electron chi connectivity index (χ1n) is 6.54. The average Bonchev–Trinajstić information content (AvgIpc) is 2.72. The molecule has 0 radical (unpaired) electrons. The third-order valence-corrected chi connectivity index (χ3v) is 2.60. The van der Waals surface area contributed by atoms with Crippen LogP contribution in [0.25, 0.3) is 0 Å². The number of rotatable bonds is 5. The van der Waals surface area contributed by atoms with Crippen molar-refractivity contribution in [2.45, 2.75) is 52.3 Å². The molecule has 3 N–H and O–H groups in total. The first kappa shape index (κ1) is 15.5. The summed E-state index contributed by atoms with van der Waals surface area (Å²) in [7, 11) is 0. The lowest BCUT2D eigenvalue weighted by atomic mass is 10.1. The fourth-order valence-electron chi connectivity index (χ4n) is 1.72. The molecule has 0 aliphatic rings. The van der Waals surface area contributed by atoms with E-state index in [0.29, 0.717) is 13.0 Å². The van der Waals surface area contributed by atoms with E-state index in [4.69, 9.17) is 10.5 Å². The molecule has 1 aromatic heterocycles. The van der Waals surface area contributed by atoms with Gasteiger partial charge in [-0.2, -0.15) is 0 Å². The van der Waals surface area contributed by atoms with E-state index in [1.807, 2.05) is 32.3 Å². The van der Waals surface area contributed by atoms with Crippen molar-refractivity contribution in [2.75, 3.05) is 6.54 Å². The van der Waals surface area contributed by atoms with Crippen molar-refractivity contribution < 1.29 is 9.53 Å². The number of imidazole rings is 1. The Morgan fingerprint density at radius 2 is 2.26 bits per heavy atom. The molecule has 0 fully saturated rings. The molecular formula is C13H24N4O2. The highest BCUT2D eigenvalue weighted by molar-refractivity contribution is 5.68. The molecule has 0 aliphatic carbocycles. The number of hydrogen-bond donors (Lipinski definition) is 2. The van der Waals surface area contributed by atoms with Gasteiger partial charge in [0.2, 0.25) is 0 Å². The molecule has 0 aromatic carbocycles. The molecule has 0 aliphatic heterocycles. The Morgan fingerprint density at radius 3 is 2.79 bits per heavy atom. The summed E-state index contributed by atoms with van der Waals surface area (Å²) in [4.78, 5) is 15.8. The van der Waals surface area contributed by atoms with Crippen molar-refractivity contribution in [3.63, 3.8) is 0 Å². The second-order valence-corrected chi connectivity index (χ2v) is 5.45. The van der Waals surface area contributed by atoms with E-state index in [-0.39, 0.29) is 6.04 Å². The molecule has 19 heavy (non-hydrogen) atoms. The van der Waals surface area contributed by atoms with Crippen LogP contribution in [0.5, 0.6) is 0 Å². The largest absolute Gasteiger partial charge is 0.444 e. The van der Waals surface area contributed by atoms with Gasteiger partial charge >= 0.3 is 6.09 Å². The van der Waals surface area contributed by atoms with E-state index in [2.05, 4.69) is 10.3 Å². The van der Waals surface area contributed by atoms with Crippen LogP contribution in [-0.2, 0) is 17.7 Å². The van der Waals surface area contributed by atoms with Gasteiger partial charge in [-0.1, -0.05) is 0 Å². The van der Waals surface area contributed by atoms with E-state index < -0.39 is 11.7 Å². The Bertz CT molecular complexity index is 409. The Morgan fingerprint density at radius 1 is 1.58 bits per heavy atom. The van der Waals surface area contributed by atoms with E-state index in [1.165, 1.54) is 0 Å². The van der Waals surface area contributed by atoms with E-state index in [0.717, 1.165) is 12.2 Å². The normalized spacial score (nSPS) is 13.1. The third-order valence-electron chi connectivity index (χ3n) is 2.60. The number of carbonyl (C=O) groups is 1. The van der Waals surface area contributed by atoms with Crippen molar-refractivity contribution in [3.05, 3.63) is 18.2 Å². The van der Waals surface area contributed by atoms with Gasteiger partial charge in [0.05, 0.1) is 6.33 Å². The zero-order valence-corrected chi connectivity index (χ0v) is 12.1. The summed E-state index contributed by atoms with van der Waals surface area (Å²) in [6.07, 6.45) is 3.77. The van der Waals surface area contributed by atoms with Crippen LogP contribution >= 0.6 is 0 Å². The summed E-state index contributed by atoms with van der Waals surface area (Å²) in [6.45, 7) is 8.74. The summed E-state index contributed by atoms with van der Waals surface area (Å²) in [5.74, 6) is 0. The summed E-state index contributed by atoms with van der Waals surface area (Å²) < 4.78 is 7.24. The van der Waals surface area contributed by atoms with Gasteiger partial charge in [-0.05, 0) is 27.7 Å². The van der Waals surface area contributed by atoms with Crippen molar-refractivity contribution in [1.82, 2.24) is 14.9 Å². The van der Waals surface area contributed by atoms with Gasteiger partial charge in [-0.25, -0.2) is 9.78 Å². The molecular weight excluding hydrogens is 244 g/mol. The molecule has 1 aromatic rings. The number of aromatic nitrogens is 2. The van der Waals surface area contributed by atoms with Crippen LogP contribution in [-0.4, -0.2) is 33.8 Å². The number of nitrogens with zero attached hydrogens (tertiary/aromatic N) is 2. The molecule has 1 atom stereocenters. The minimum absolute atomic E-state index is 0.156. The lowest BCUT2D eigenvalue weighted by Gasteiger charge is -2.23. The summed E-state index contributed by atoms with van der Waals surface area (Å²) >= 11 is 0. The maximum atomic E-state index is 11.7. The van der Waals surface area contributed by atoms with Crippen LogP contribution in [0.3, 0.4) is 0 Å². The van der Waals surface area contributed by atoms with Gasteiger partial charge in [0.15, 0.2) is 0 Å². The molecule has 108 valence electrons. The number of ether oxygens (including phenoxy) is 1. The number of hydrogen-bond acceptors (Lipinski definition) is 4. The predicted molar refractivity (Wildman–Crippen MR) is 73.8 cm³/mol. The quantitative estimate of drug-likeness (QED) is 0.843. The van der Waals surface area contributed by atoms with Crippen molar-refractivity contribution in [1.29, 1.82) is 0 Å². The maximum absolute atomic E-state index is 11.7. The van der Waals surface area contributed by atoms with Gasteiger partial charge in [0.25, 0.3) is 0 Å². The van der Waals surface area contributed by atoms with Crippen LogP contribution in [0, 0.1) is 0 Å². The molecule has 0 saturated carbocycles. The first-order valence-corrected chi connectivity index (χ1v) is 6.54. The number of aryl methyl sites for hydroxylation is 1. The molecule has 6 nitrogen and oxygen atoms in total. The number of nitrogens with two attached hydrogens (primary N) is 1. The Labute approximate surface area is 114 Å². The van der Waals surface area contributed by atoms with Crippen molar-refractivity contribution in [3.8, 4) is 0 Å². The molecule has 1 heterocycles. The molecule has 0 bridgehead atoms. The second kappa shape index (κ2) is 6.56. The number of nitrogens with one attached hydrogen (secondary N) is 1. The second-order valence-electron chi connectivity index (χ2n) is 5.45. The molecule has 0 saturated heterocycles. The Kier molecular flexibility index (Phi) is 5.35. The van der Waals surface area contributed by atoms with Gasteiger partial charge in [-0.3, -0.25) is 0 Å². The SMILES string of the molecule is CCn1cncc1CC(CN)NC(=O)OC(C)(C)C. The van der Waals surface area contributed by atoms with Gasteiger partial charge < -0.3 is 20.4 Å². The molecule has 1 amide bonds. The highest BCUT2D eigenvalue weighted by Crippen LogP contribution is 2.08. The fourth-order valence-corrected chi connectivity index (χ4v) is 1.72. The monoisotopic (exact) mass is 268 g/mol. The summed E-state index contributed by atoms with van der Waals surface area (Å²) in [5.41, 5.74) is 6.24. The summed E-state index contributed by atoms with van der Waals surface area (Å²) in [5, 5.41) is 2.79. The first-order chi connectivity index (χ1) is 8.85. The molecule has 1 unspecified atom stereocenters. The van der Waals surface area contributed by atoms with Crippen LogP contribution in [0.15, 0.2) is 12.5 Å². The van der Waals surface area contributed by atoms with Crippen LogP contribution < -0.4 is 11.1 Å². The van der Waals surface area contributed by atoms with Crippen LogP contribution in [0.4, 0.5) is 4.79 Å². The van der Waals surface area contributed by atoms with Crippen LogP contribution in [0.1, 0.15) is 33.4 Å². The van der Waals surface area contributed by atoms with Gasteiger partial charge in [-0.15, -0.1) is 0 Å². The Balaban J connectivity index is 2.57. The van der Waals surface area contributed by atoms with E-state index in [1.54, 1.807) is 12.5 Å². The summed E-state index contributed by atoms with van der Waals surface area (Å²) in [6, 6.07) is -0.156. The standard InChI is InChI=1S/C13H24N4O2/c1-5-17-9-15-8-11(17)6-10(7-14)16-12(18)19-13(2,3)4/h8-10H,5-7,14H2,1-4H3,(H,16,18). The van der Waals surface area contributed by atoms with E-state index in [9.17, 15) is 4.79 Å². The van der Waals surface area contributed by atoms with Crippen LogP contribution in [0.2, 0.25) is 0 Å². The maximum Gasteiger partial charge on any atom is 0.407 e. The Hall–Kier alpha value is -1.56. The van der Waals surface area contributed by atoms with Crippen molar-refractivity contribution >= 4 is 6.09 Å². The topological polar surface area (TPSA) is 82.2 Å². The molecule has 1 rings (SSSR count). The predicted octanol–water partition coefficient (Wildman–Crippen LogP) is 1.30. The number of carbonyl (C=O) groups excluding carboxylic acids is 1. The van der Waals surface area contributed by atoms with Crippen molar-refractivity contribution in [2.24, 2.45) is 5.73 Å². The minimum atomic E-state index is -0.506. The fraction of sp³-hybridized carbons (Fsp3) is 0.692. The smallest absolute Gasteiger partial charge is 0.407 e. The number of amides is 1. The molecule has 0 spiro atoms. The zero-order valence-electron chi connectivity index (χ0n) is 12.1. The zero-order chi connectivity index (χ0) is 14.5.